The zero-order valence-corrected chi connectivity index (χ0v) is 20.8. The van der Waals surface area contributed by atoms with E-state index in [2.05, 4.69) is 0 Å². The fourth-order valence-electron chi connectivity index (χ4n) is 3.35. The Morgan fingerprint density at radius 3 is 2.29 bits per heavy atom. The van der Waals surface area contributed by atoms with Gasteiger partial charge in [-0.15, -0.1) is 0 Å². The van der Waals surface area contributed by atoms with Gasteiger partial charge in [0.25, 0.3) is 11.1 Å². The Balaban J connectivity index is 1.55. The molecule has 0 N–H and O–H groups in total. The number of hydrogen-bond donors (Lipinski definition) is 0. The lowest BCUT2D eigenvalue weighted by Crippen LogP contribution is -2.33. The third-order valence-electron chi connectivity index (χ3n) is 5.15. The maximum atomic E-state index is 13.0. The molecule has 2 amide bonds. The minimum atomic E-state index is -0.547. The molecule has 0 radical (unpaired) electrons. The number of rotatable bonds is 8. The van der Waals surface area contributed by atoms with Gasteiger partial charge in [0.05, 0.1) is 18.6 Å². The highest BCUT2D eigenvalue weighted by Gasteiger charge is 2.36. The number of hydrogen-bond acceptors (Lipinski definition) is 6. The number of halogens is 2. The second-order valence-corrected chi connectivity index (χ2v) is 9.36. The molecule has 4 rings (SSSR count). The normalized spacial score (nSPS) is 14.5. The van der Waals surface area contributed by atoms with Crippen molar-refractivity contribution < 1.29 is 23.9 Å². The number of benzene rings is 3. The largest absolute Gasteiger partial charge is 0.493 e. The van der Waals surface area contributed by atoms with Gasteiger partial charge in [-0.2, -0.15) is 0 Å². The average Bonchev–Trinajstić information content (AvgIpc) is 3.11. The molecule has 0 spiro atoms. The molecule has 9 heteroatoms. The molecule has 1 fully saturated rings. The van der Waals surface area contributed by atoms with Crippen LogP contribution in [0.15, 0.2) is 71.6 Å². The molecule has 0 bridgehead atoms. The van der Waals surface area contributed by atoms with Crippen molar-refractivity contribution in [2.45, 2.75) is 6.61 Å². The van der Waals surface area contributed by atoms with Crippen molar-refractivity contribution in [1.82, 2.24) is 4.90 Å². The van der Waals surface area contributed by atoms with Gasteiger partial charge in [-0.05, 0) is 65.9 Å². The Bertz CT molecular complexity index is 1310. The molecule has 0 aliphatic carbocycles. The molecule has 0 unspecified atom stereocenters. The van der Waals surface area contributed by atoms with Gasteiger partial charge >= 0.3 is 0 Å². The van der Waals surface area contributed by atoms with Gasteiger partial charge in [0.2, 0.25) is 0 Å². The predicted octanol–water partition coefficient (Wildman–Crippen LogP) is 6.50. The van der Waals surface area contributed by atoms with Gasteiger partial charge in [-0.1, -0.05) is 47.5 Å². The van der Waals surface area contributed by atoms with Crippen LogP contribution in [-0.4, -0.2) is 35.5 Å². The number of imide groups is 1. The Kier molecular flexibility index (Phi) is 7.80. The average molecular weight is 528 g/mol. The molecule has 0 aromatic heterocycles. The summed E-state index contributed by atoms with van der Waals surface area (Å²) in [5.41, 5.74) is 1.82. The molecular weight excluding hydrogens is 509 g/mol. The van der Waals surface area contributed by atoms with Crippen molar-refractivity contribution >= 4 is 58.0 Å². The third-order valence-corrected chi connectivity index (χ3v) is 6.57. The van der Waals surface area contributed by atoms with Gasteiger partial charge in [-0.3, -0.25) is 19.3 Å². The summed E-state index contributed by atoms with van der Waals surface area (Å²) in [5.74, 6) is -0.00813. The van der Waals surface area contributed by atoms with Crippen molar-refractivity contribution in [1.29, 1.82) is 0 Å². The predicted molar refractivity (Wildman–Crippen MR) is 137 cm³/mol. The first kappa shape index (κ1) is 24.9. The zero-order chi connectivity index (χ0) is 24.9. The molecule has 3 aromatic rings. The Labute approximate surface area is 216 Å². The first-order valence-electron chi connectivity index (χ1n) is 10.4. The van der Waals surface area contributed by atoms with E-state index in [1.165, 1.54) is 7.11 Å². The summed E-state index contributed by atoms with van der Waals surface area (Å²) in [6, 6.07) is 18.8. The SMILES string of the molecule is COc1cccc(/C=C2/SC(=O)N(CC(=O)c3ccc(Cl)cc3)C2=O)c1OCc1ccc(Cl)cc1. The van der Waals surface area contributed by atoms with Crippen LogP contribution >= 0.6 is 35.0 Å². The van der Waals surface area contributed by atoms with Gasteiger partial charge in [-0.25, -0.2) is 0 Å². The molecule has 1 heterocycles. The minimum absolute atomic E-state index is 0.184. The maximum absolute atomic E-state index is 13.0. The summed E-state index contributed by atoms with van der Waals surface area (Å²) in [6.45, 7) is -0.114. The van der Waals surface area contributed by atoms with Crippen molar-refractivity contribution in [3.05, 3.63) is 98.4 Å². The monoisotopic (exact) mass is 527 g/mol. The Hall–Kier alpha value is -3.26. The second-order valence-electron chi connectivity index (χ2n) is 7.49. The molecule has 178 valence electrons. The quantitative estimate of drug-likeness (QED) is 0.246. The van der Waals surface area contributed by atoms with Crippen LogP contribution in [0.4, 0.5) is 4.79 Å². The molecule has 1 saturated heterocycles. The number of amides is 2. The number of ketones is 1. The third kappa shape index (κ3) is 5.88. The molecule has 0 saturated carbocycles. The standard InChI is InChI=1S/C26H19Cl2NO5S/c1-33-22-4-2-3-18(24(22)34-15-16-5-9-19(27)10-6-16)13-23-25(31)29(26(32)35-23)14-21(30)17-7-11-20(28)12-8-17/h2-13H,14-15H2,1H3/b23-13+. The van der Waals surface area contributed by atoms with E-state index in [4.69, 9.17) is 32.7 Å². The smallest absolute Gasteiger partial charge is 0.293 e. The molecule has 6 nitrogen and oxygen atoms in total. The Morgan fingerprint density at radius 1 is 0.971 bits per heavy atom. The molecule has 1 aliphatic rings. The van der Waals surface area contributed by atoms with E-state index < -0.39 is 11.1 Å². The fourth-order valence-corrected chi connectivity index (χ4v) is 4.43. The van der Waals surface area contributed by atoms with Crippen molar-refractivity contribution in [3.63, 3.8) is 0 Å². The van der Waals surface area contributed by atoms with Crippen molar-refractivity contribution in [3.8, 4) is 11.5 Å². The van der Waals surface area contributed by atoms with E-state index in [-0.39, 0.29) is 23.8 Å². The van der Waals surface area contributed by atoms with Crippen LogP contribution < -0.4 is 9.47 Å². The van der Waals surface area contributed by atoms with Crippen molar-refractivity contribution in [2.24, 2.45) is 0 Å². The zero-order valence-electron chi connectivity index (χ0n) is 18.5. The number of thioether (sulfide) groups is 1. The number of carbonyl (C=O) groups excluding carboxylic acids is 3. The van der Waals surface area contributed by atoms with E-state index in [0.29, 0.717) is 32.7 Å². The summed E-state index contributed by atoms with van der Waals surface area (Å²) in [4.78, 5) is 39.2. The number of nitrogens with zero attached hydrogens (tertiary/aromatic N) is 1. The molecule has 35 heavy (non-hydrogen) atoms. The van der Waals surface area contributed by atoms with E-state index in [0.717, 1.165) is 22.2 Å². The number of methoxy groups -OCH3 is 1. The first-order chi connectivity index (χ1) is 16.9. The van der Waals surface area contributed by atoms with Crippen LogP contribution in [-0.2, 0) is 11.4 Å². The highest BCUT2D eigenvalue weighted by molar-refractivity contribution is 8.18. The highest BCUT2D eigenvalue weighted by atomic mass is 35.5. The topological polar surface area (TPSA) is 72.9 Å². The fraction of sp³-hybridized carbons (Fsp3) is 0.115. The molecular formula is C26H19Cl2NO5S. The maximum Gasteiger partial charge on any atom is 0.293 e. The number of para-hydroxylation sites is 1. The van der Waals surface area contributed by atoms with Crippen molar-refractivity contribution in [2.75, 3.05) is 13.7 Å². The lowest BCUT2D eigenvalue weighted by atomic mass is 10.1. The van der Waals surface area contributed by atoms with E-state index in [9.17, 15) is 14.4 Å². The molecule has 0 atom stereocenters. The van der Waals surface area contributed by atoms with Crippen LogP contribution in [0.5, 0.6) is 11.5 Å². The number of ether oxygens (including phenoxy) is 2. The van der Waals surface area contributed by atoms with E-state index in [1.807, 2.05) is 12.1 Å². The molecule has 3 aromatic carbocycles. The minimum Gasteiger partial charge on any atom is -0.493 e. The summed E-state index contributed by atoms with van der Waals surface area (Å²) in [5, 5.41) is 0.593. The van der Waals surface area contributed by atoms with Crippen LogP contribution in [0, 0.1) is 0 Å². The second kappa shape index (κ2) is 11.0. The molecule has 1 aliphatic heterocycles. The van der Waals surface area contributed by atoms with E-state index >= 15 is 0 Å². The van der Waals surface area contributed by atoms with Gasteiger partial charge in [0.1, 0.15) is 6.61 Å². The number of Topliss-reactive ketones (excluding diaryl/α,β-unsaturated/α-hetero) is 1. The van der Waals surface area contributed by atoms with Gasteiger partial charge < -0.3 is 9.47 Å². The van der Waals surface area contributed by atoms with Crippen LogP contribution in [0.25, 0.3) is 6.08 Å². The van der Waals surface area contributed by atoms with Crippen LogP contribution in [0.3, 0.4) is 0 Å². The first-order valence-corrected chi connectivity index (χ1v) is 12.0. The Morgan fingerprint density at radius 2 is 1.63 bits per heavy atom. The summed E-state index contributed by atoms with van der Waals surface area (Å²) >= 11 is 12.6. The van der Waals surface area contributed by atoms with Gasteiger partial charge in [0, 0.05) is 21.2 Å². The highest BCUT2D eigenvalue weighted by Crippen LogP contribution is 2.38. The van der Waals surface area contributed by atoms with E-state index in [1.54, 1.807) is 60.7 Å². The van der Waals surface area contributed by atoms with Crippen LogP contribution in [0.1, 0.15) is 21.5 Å². The van der Waals surface area contributed by atoms with Crippen LogP contribution in [0.2, 0.25) is 10.0 Å². The van der Waals surface area contributed by atoms with Gasteiger partial charge in [0.15, 0.2) is 17.3 Å². The summed E-state index contributed by atoms with van der Waals surface area (Å²) in [6.07, 6.45) is 1.57. The number of carbonyl (C=O) groups is 3. The summed E-state index contributed by atoms with van der Waals surface area (Å²) in [7, 11) is 1.52. The summed E-state index contributed by atoms with van der Waals surface area (Å²) < 4.78 is 11.5. The lowest BCUT2D eigenvalue weighted by Gasteiger charge is -2.14. The lowest BCUT2D eigenvalue weighted by molar-refractivity contribution is -0.122.